The maximum atomic E-state index is 5.20. The first-order valence-corrected chi connectivity index (χ1v) is 5.66. The molecule has 0 N–H and O–H groups in total. The van der Waals surface area contributed by atoms with Gasteiger partial charge >= 0.3 is 0 Å². The third kappa shape index (κ3) is 3.61. The highest BCUT2D eigenvalue weighted by atomic mass is 17.2. The Hall–Kier alpha value is -1.80. The van der Waals surface area contributed by atoms with E-state index >= 15 is 0 Å². The summed E-state index contributed by atoms with van der Waals surface area (Å²) in [5.41, 5.74) is 3.55. The quantitative estimate of drug-likeness (QED) is 0.585. The SMILES string of the molecule is Cc1ccc(COOc2ccc(C)cc2)cc1. The first-order chi connectivity index (χ1) is 8.24. The van der Waals surface area contributed by atoms with Crippen LogP contribution in [0.5, 0.6) is 5.75 Å². The van der Waals surface area contributed by atoms with Gasteiger partial charge in [0.05, 0.1) is 0 Å². The smallest absolute Gasteiger partial charge is 0.165 e. The fourth-order valence-corrected chi connectivity index (χ4v) is 1.44. The van der Waals surface area contributed by atoms with Crippen LogP contribution in [0.1, 0.15) is 16.7 Å². The summed E-state index contributed by atoms with van der Waals surface area (Å²) in [5.74, 6) is 0.725. The average Bonchev–Trinajstić information content (AvgIpc) is 2.34. The van der Waals surface area contributed by atoms with E-state index in [1.807, 2.05) is 43.3 Å². The average molecular weight is 228 g/mol. The molecule has 2 aromatic rings. The molecular weight excluding hydrogens is 212 g/mol. The Balaban J connectivity index is 1.83. The predicted octanol–water partition coefficient (Wildman–Crippen LogP) is 3.81. The lowest BCUT2D eigenvalue weighted by molar-refractivity contribution is -0.217. The van der Waals surface area contributed by atoms with Gasteiger partial charge in [-0.25, -0.2) is 0 Å². The molecule has 2 aromatic carbocycles. The van der Waals surface area contributed by atoms with E-state index in [2.05, 4.69) is 19.1 Å². The molecule has 2 heteroatoms. The molecule has 0 amide bonds. The lowest BCUT2D eigenvalue weighted by Gasteiger charge is -2.05. The van der Waals surface area contributed by atoms with Gasteiger partial charge in [0, 0.05) is 0 Å². The van der Waals surface area contributed by atoms with Crippen LogP contribution in [0.4, 0.5) is 0 Å². The van der Waals surface area contributed by atoms with Crippen molar-refractivity contribution in [2.24, 2.45) is 0 Å². The molecule has 0 aliphatic rings. The summed E-state index contributed by atoms with van der Waals surface area (Å²) in [6.45, 7) is 4.55. The number of rotatable bonds is 4. The zero-order chi connectivity index (χ0) is 12.1. The van der Waals surface area contributed by atoms with E-state index in [0.29, 0.717) is 6.61 Å². The van der Waals surface area contributed by atoms with Crippen LogP contribution in [0, 0.1) is 13.8 Å². The van der Waals surface area contributed by atoms with E-state index in [-0.39, 0.29) is 0 Å². The highest BCUT2D eigenvalue weighted by Gasteiger charge is 1.96. The molecule has 0 bridgehead atoms. The third-order valence-corrected chi connectivity index (χ3v) is 2.52. The van der Waals surface area contributed by atoms with E-state index in [1.54, 1.807) is 0 Å². The molecule has 17 heavy (non-hydrogen) atoms. The molecule has 0 aliphatic heterocycles. The van der Waals surface area contributed by atoms with Crippen LogP contribution in [0.25, 0.3) is 0 Å². The number of hydrogen-bond donors (Lipinski definition) is 0. The van der Waals surface area contributed by atoms with Gasteiger partial charge in [-0.2, -0.15) is 4.89 Å². The van der Waals surface area contributed by atoms with Crippen LogP contribution in [0.2, 0.25) is 0 Å². The van der Waals surface area contributed by atoms with Crippen molar-refractivity contribution in [2.75, 3.05) is 0 Å². The van der Waals surface area contributed by atoms with E-state index in [1.165, 1.54) is 11.1 Å². The topological polar surface area (TPSA) is 18.5 Å². The Kier molecular flexibility index (Phi) is 3.78. The first-order valence-electron chi connectivity index (χ1n) is 5.66. The normalized spacial score (nSPS) is 10.2. The fourth-order valence-electron chi connectivity index (χ4n) is 1.44. The van der Waals surface area contributed by atoms with Crippen molar-refractivity contribution in [1.82, 2.24) is 0 Å². The molecule has 0 aromatic heterocycles. The number of hydrogen-bond acceptors (Lipinski definition) is 2. The molecule has 0 atom stereocenters. The minimum Gasteiger partial charge on any atom is -0.337 e. The van der Waals surface area contributed by atoms with Crippen molar-refractivity contribution < 1.29 is 9.78 Å². The van der Waals surface area contributed by atoms with E-state index in [0.717, 1.165) is 11.3 Å². The molecule has 0 saturated carbocycles. The van der Waals surface area contributed by atoms with Gasteiger partial charge in [-0.05, 0) is 31.5 Å². The summed E-state index contributed by atoms with van der Waals surface area (Å²) >= 11 is 0. The highest BCUT2D eigenvalue weighted by Crippen LogP contribution is 2.12. The van der Waals surface area contributed by atoms with Crippen LogP contribution in [-0.2, 0) is 11.5 Å². The van der Waals surface area contributed by atoms with E-state index < -0.39 is 0 Å². The van der Waals surface area contributed by atoms with Crippen molar-refractivity contribution in [3.05, 3.63) is 65.2 Å². The van der Waals surface area contributed by atoms with E-state index in [4.69, 9.17) is 9.78 Å². The van der Waals surface area contributed by atoms with Crippen LogP contribution in [0.3, 0.4) is 0 Å². The Bertz CT molecular complexity index is 412. The van der Waals surface area contributed by atoms with Crippen LogP contribution < -0.4 is 4.89 Å². The largest absolute Gasteiger partial charge is 0.337 e. The second-order valence-corrected chi connectivity index (χ2v) is 4.14. The van der Waals surface area contributed by atoms with Gasteiger partial charge in [-0.15, -0.1) is 0 Å². The molecule has 0 radical (unpaired) electrons. The Labute approximate surface area is 102 Å². The fraction of sp³-hybridized carbons (Fsp3) is 0.200. The molecule has 0 unspecified atom stereocenters. The lowest BCUT2D eigenvalue weighted by atomic mass is 10.2. The van der Waals surface area contributed by atoms with Gasteiger partial charge in [0.2, 0.25) is 0 Å². The van der Waals surface area contributed by atoms with Gasteiger partial charge < -0.3 is 4.89 Å². The van der Waals surface area contributed by atoms with Crippen LogP contribution in [0.15, 0.2) is 48.5 Å². The Morgan fingerprint density at radius 1 is 0.765 bits per heavy atom. The molecule has 0 spiro atoms. The molecular formula is C15H16O2. The summed E-state index contributed by atoms with van der Waals surface area (Å²) in [5, 5.41) is 0. The lowest BCUT2D eigenvalue weighted by Crippen LogP contribution is -1.97. The summed E-state index contributed by atoms with van der Waals surface area (Å²) in [4.78, 5) is 10.4. The third-order valence-electron chi connectivity index (χ3n) is 2.52. The maximum absolute atomic E-state index is 5.20. The molecule has 0 heterocycles. The van der Waals surface area contributed by atoms with Crippen LogP contribution >= 0.6 is 0 Å². The second kappa shape index (κ2) is 5.51. The molecule has 0 aliphatic carbocycles. The molecule has 0 fully saturated rings. The Morgan fingerprint density at radius 2 is 1.29 bits per heavy atom. The summed E-state index contributed by atoms with van der Waals surface area (Å²) in [7, 11) is 0. The van der Waals surface area contributed by atoms with Crippen molar-refractivity contribution in [3.8, 4) is 5.75 Å². The zero-order valence-corrected chi connectivity index (χ0v) is 10.1. The minimum atomic E-state index is 0.453. The summed E-state index contributed by atoms with van der Waals surface area (Å²) < 4.78 is 0. The predicted molar refractivity (Wildman–Crippen MR) is 67.8 cm³/mol. The zero-order valence-electron chi connectivity index (χ0n) is 10.1. The maximum Gasteiger partial charge on any atom is 0.165 e. The molecule has 2 nitrogen and oxygen atoms in total. The minimum absolute atomic E-state index is 0.453. The molecule has 88 valence electrons. The standard InChI is InChI=1S/C15H16O2/c1-12-3-7-14(8-4-12)11-16-17-15-9-5-13(2)6-10-15/h3-10H,11H2,1-2H3. The van der Waals surface area contributed by atoms with Gasteiger partial charge in [0.1, 0.15) is 6.61 Å². The van der Waals surface area contributed by atoms with Gasteiger partial charge in [-0.1, -0.05) is 47.5 Å². The molecule has 2 rings (SSSR count). The van der Waals surface area contributed by atoms with E-state index in [9.17, 15) is 0 Å². The first kappa shape index (κ1) is 11.7. The van der Waals surface area contributed by atoms with Gasteiger partial charge in [0.15, 0.2) is 5.75 Å². The van der Waals surface area contributed by atoms with Crippen molar-refractivity contribution in [2.45, 2.75) is 20.5 Å². The van der Waals surface area contributed by atoms with Crippen LogP contribution in [-0.4, -0.2) is 0 Å². The Morgan fingerprint density at radius 3 is 1.88 bits per heavy atom. The summed E-state index contributed by atoms with van der Waals surface area (Å²) in [6.07, 6.45) is 0. The van der Waals surface area contributed by atoms with Crippen molar-refractivity contribution in [1.29, 1.82) is 0 Å². The number of benzene rings is 2. The van der Waals surface area contributed by atoms with Crippen molar-refractivity contribution in [3.63, 3.8) is 0 Å². The second-order valence-electron chi connectivity index (χ2n) is 4.14. The van der Waals surface area contributed by atoms with Gasteiger partial charge in [-0.3, -0.25) is 0 Å². The molecule has 0 saturated heterocycles. The monoisotopic (exact) mass is 228 g/mol. The van der Waals surface area contributed by atoms with Gasteiger partial charge in [0.25, 0.3) is 0 Å². The number of aryl methyl sites for hydroxylation is 2. The van der Waals surface area contributed by atoms with Crippen molar-refractivity contribution >= 4 is 0 Å². The highest BCUT2D eigenvalue weighted by molar-refractivity contribution is 5.25. The summed E-state index contributed by atoms with van der Waals surface area (Å²) in [6, 6.07) is 16.0.